The zero-order valence-electron chi connectivity index (χ0n) is 22.9. The monoisotopic (exact) mass is 597 g/mol. The second kappa shape index (κ2) is 12.6. The number of nitrogens with zero attached hydrogens (tertiary/aromatic N) is 2. The number of amides is 5. The minimum Gasteiger partial charge on any atom is -0.341 e. The van der Waals surface area contributed by atoms with E-state index in [1.807, 2.05) is 30.3 Å². The van der Waals surface area contributed by atoms with E-state index in [1.54, 1.807) is 11.8 Å². The molecular formula is C28H31N5O6S2. The smallest absolute Gasteiger partial charge is 0.321 e. The summed E-state index contributed by atoms with van der Waals surface area (Å²) < 4.78 is 27.9. The summed E-state index contributed by atoms with van der Waals surface area (Å²) in [4.78, 5) is 52.4. The zero-order valence-corrected chi connectivity index (χ0v) is 24.5. The maximum Gasteiger partial charge on any atom is 0.321 e. The number of rotatable bonds is 8. The van der Waals surface area contributed by atoms with Crippen LogP contribution in [0.2, 0.25) is 0 Å². The van der Waals surface area contributed by atoms with E-state index in [4.69, 9.17) is 0 Å². The number of fused-ring (bicyclic) bond motifs is 1. The first kappa shape index (κ1) is 29.9. The van der Waals surface area contributed by atoms with E-state index in [1.165, 1.54) is 42.5 Å². The van der Waals surface area contributed by atoms with Gasteiger partial charge in [0.2, 0.25) is 15.9 Å². The molecule has 0 saturated heterocycles. The Hall–Kier alpha value is -4.07. The van der Waals surface area contributed by atoms with Crippen molar-refractivity contribution in [1.82, 2.24) is 19.8 Å². The largest absolute Gasteiger partial charge is 0.341 e. The molecule has 1 aliphatic heterocycles. The molecule has 216 valence electrons. The summed E-state index contributed by atoms with van der Waals surface area (Å²) in [5.41, 5.74) is 1.88. The lowest BCUT2D eigenvalue weighted by Crippen LogP contribution is -2.39. The highest BCUT2D eigenvalue weighted by atomic mass is 32.2. The summed E-state index contributed by atoms with van der Waals surface area (Å²) in [5, 5.41) is 7.56. The van der Waals surface area contributed by atoms with Crippen molar-refractivity contribution in [2.45, 2.75) is 38.3 Å². The summed E-state index contributed by atoms with van der Waals surface area (Å²) in [6.45, 7) is 4.40. The second-order valence-electron chi connectivity index (χ2n) is 9.33. The Balaban J connectivity index is 1.57. The van der Waals surface area contributed by atoms with Gasteiger partial charge in [0.25, 0.3) is 11.8 Å². The fourth-order valence-electron chi connectivity index (χ4n) is 4.49. The summed E-state index contributed by atoms with van der Waals surface area (Å²) >= 11 is 1.16. The van der Waals surface area contributed by atoms with Crippen LogP contribution in [0.25, 0.3) is 0 Å². The number of carbonyl (C=O) groups excluding carboxylic acids is 4. The molecule has 1 aliphatic rings. The van der Waals surface area contributed by atoms with E-state index >= 15 is 0 Å². The highest BCUT2D eigenvalue weighted by Crippen LogP contribution is 2.37. The van der Waals surface area contributed by atoms with Crippen LogP contribution in [0.4, 0.5) is 9.80 Å². The number of carbonyl (C=O) groups is 4. The highest BCUT2D eigenvalue weighted by Gasteiger charge is 2.30. The number of hydrogen-bond donors (Lipinski definition) is 3. The van der Waals surface area contributed by atoms with Crippen molar-refractivity contribution in [3.8, 4) is 0 Å². The third kappa shape index (κ3) is 6.64. The summed E-state index contributed by atoms with van der Waals surface area (Å²) in [6.07, 6.45) is 0.390. The molecule has 0 bridgehead atoms. The third-order valence-electron chi connectivity index (χ3n) is 6.72. The number of hydrogen-bond acceptors (Lipinski definition) is 7. The van der Waals surface area contributed by atoms with E-state index in [2.05, 4.69) is 16.0 Å². The fourth-order valence-corrected chi connectivity index (χ4v) is 7.18. The molecule has 2 heterocycles. The molecule has 0 radical (unpaired) electrons. The Morgan fingerprint density at radius 3 is 2.29 bits per heavy atom. The number of anilines is 1. The van der Waals surface area contributed by atoms with Gasteiger partial charge in [-0.15, -0.1) is 11.3 Å². The van der Waals surface area contributed by atoms with Crippen LogP contribution in [-0.4, -0.2) is 61.5 Å². The fraction of sp³-hybridized carbons (Fsp3) is 0.286. The standard InChI is InChI=1S/C28H31N5O6S2/c1-4-33(16-19-8-6-5-7-9-19)41(38,39)21-12-10-20(11-13-21)25(35)30-27-24(26(36)31-28(37)29-3)22-14-15-32(18(2)34)17-23(22)40-27/h5-13H,4,14-17H2,1-3H3,(H,30,35)(H2,29,31,36,37). The molecule has 4 rings (SSSR count). The molecule has 0 unspecified atom stereocenters. The second-order valence-corrected chi connectivity index (χ2v) is 12.4. The predicted molar refractivity (Wildman–Crippen MR) is 155 cm³/mol. The van der Waals surface area contributed by atoms with Crippen molar-refractivity contribution in [2.75, 3.05) is 25.5 Å². The molecule has 0 fully saturated rings. The van der Waals surface area contributed by atoms with Crippen molar-refractivity contribution in [2.24, 2.45) is 0 Å². The van der Waals surface area contributed by atoms with Crippen LogP contribution in [0, 0.1) is 0 Å². The van der Waals surface area contributed by atoms with Crippen molar-refractivity contribution >= 4 is 50.1 Å². The lowest BCUT2D eigenvalue weighted by atomic mass is 10.0. The molecule has 0 spiro atoms. The normalized spacial score (nSPS) is 12.9. The van der Waals surface area contributed by atoms with E-state index in [-0.39, 0.29) is 46.6 Å². The van der Waals surface area contributed by atoms with Crippen LogP contribution in [0.1, 0.15) is 50.6 Å². The van der Waals surface area contributed by atoms with Gasteiger partial charge in [0.1, 0.15) is 5.00 Å². The lowest BCUT2D eigenvalue weighted by Gasteiger charge is -2.26. The molecule has 0 atom stereocenters. The molecule has 1 aromatic heterocycles. The van der Waals surface area contributed by atoms with Gasteiger partial charge in [-0.2, -0.15) is 4.31 Å². The average Bonchev–Trinajstić information content (AvgIpc) is 3.33. The Bertz CT molecular complexity index is 1570. The number of nitrogens with one attached hydrogen (secondary N) is 3. The van der Waals surface area contributed by atoms with Crippen LogP contribution in [-0.2, 0) is 34.3 Å². The van der Waals surface area contributed by atoms with Gasteiger partial charge in [0.15, 0.2) is 0 Å². The minimum atomic E-state index is -3.82. The van der Waals surface area contributed by atoms with Crippen molar-refractivity contribution in [3.05, 3.63) is 81.7 Å². The zero-order chi connectivity index (χ0) is 29.7. The molecule has 0 saturated carbocycles. The lowest BCUT2D eigenvalue weighted by molar-refractivity contribution is -0.129. The Labute approximate surface area is 242 Å². The van der Waals surface area contributed by atoms with Gasteiger partial charge in [-0.25, -0.2) is 13.2 Å². The van der Waals surface area contributed by atoms with Gasteiger partial charge >= 0.3 is 6.03 Å². The van der Waals surface area contributed by atoms with Gasteiger partial charge in [-0.1, -0.05) is 37.3 Å². The molecule has 3 aromatic rings. The van der Waals surface area contributed by atoms with Crippen LogP contribution >= 0.6 is 11.3 Å². The quantitative estimate of drug-likeness (QED) is 0.364. The van der Waals surface area contributed by atoms with Gasteiger partial charge in [0.05, 0.1) is 17.0 Å². The number of imide groups is 1. The van der Waals surface area contributed by atoms with E-state index in [0.717, 1.165) is 21.8 Å². The SMILES string of the molecule is CCN(Cc1ccccc1)S(=O)(=O)c1ccc(C(=O)Nc2sc3c(c2C(=O)NC(=O)NC)CCN(C(C)=O)C3)cc1. The summed E-state index contributed by atoms with van der Waals surface area (Å²) in [6, 6.07) is 14.1. The Morgan fingerprint density at radius 1 is 1.00 bits per heavy atom. The van der Waals surface area contributed by atoms with Gasteiger partial charge in [0, 0.05) is 44.0 Å². The van der Waals surface area contributed by atoms with Crippen LogP contribution in [0.5, 0.6) is 0 Å². The number of urea groups is 1. The van der Waals surface area contributed by atoms with Crippen LogP contribution < -0.4 is 16.0 Å². The van der Waals surface area contributed by atoms with Crippen molar-refractivity contribution < 1.29 is 27.6 Å². The molecular weight excluding hydrogens is 566 g/mol. The summed E-state index contributed by atoms with van der Waals surface area (Å²) in [5.74, 6) is -1.33. The maximum atomic E-state index is 13.3. The van der Waals surface area contributed by atoms with Crippen molar-refractivity contribution in [3.63, 3.8) is 0 Å². The molecule has 11 nitrogen and oxygen atoms in total. The van der Waals surface area contributed by atoms with E-state index in [9.17, 15) is 27.6 Å². The first-order valence-electron chi connectivity index (χ1n) is 12.9. The van der Waals surface area contributed by atoms with Crippen LogP contribution in [0.3, 0.4) is 0 Å². The highest BCUT2D eigenvalue weighted by molar-refractivity contribution is 7.89. The molecule has 2 aromatic carbocycles. The van der Waals surface area contributed by atoms with Crippen LogP contribution in [0.15, 0.2) is 59.5 Å². The minimum absolute atomic E-state index is 0.0494. The van der Waals surface area contributed by atoms with Gasteiger partial charge < -0.3 is 15.5 Å². The molecule has 13 heteroatoms. The molecule has 41 heavy (non-hydrogen) atoms. The predicted octanol–water partition coefficient (Wildman–Crippen LogP) is 3.19. The first-order valence-corrected chi connectivity index (χ1v) is 15.2. The van der Waals surface area contributed by atoms with E-state index < -0.39 is 27.9 Å². The Morgan fingerprint density at radius 2 is 1.68 bits per heavy atom. The summed E-state index contributed by atoms with van der Waals surface area (Å²) in [7, 11) is -2.44. The Kier molecular flexibility index (Phi) is 9.21. The third-order valence-corrected chi connectivity index (χ3v) is 9.79. The molecule has 5 amide bonds. The number of thiophene rings is 1. The molecule has 0 aliphatic carbocycles. The first-order chi connectivity index (χ1) is 19.5. The van der Waals surface area contributed by atoms with E-state index in [0.29, 0.717) is 18.5 Å². The maximum absolute atomic E-state index is 13.3. The van der Waals surface area contributed by atoms with Gasteiger partial charge in [-0.3, -0.25) is 19.7 Å². The topological polar surface area (TPSA) is 145 Å². The number of sulfonamides is 1. The van der Waals surface area contributed by atoms with Gasteiger partial charge in [-0.05, 0) is 41.8 Å². The van der Waals surface area contributed by atoms with Crippen molar-refractivity contribution in [1.29, 1.82) is 0 Å². The average molecular weight is 598 g/mol. The number of benzene rings is 2. The molecule has 3 N–H and O–H groups in total.